The van der Waals surface area contributed by atoms with E-state index in [9.17, 15) is 0 Å². The highest BCUT2D eigenvalue weighted by Crippen LogP contribution is 2.55. The van der Waals surface area contributed by atoms with Crippen LogP contribution in [0.1, 0.15) is 0 Å². The summed E-state index contributed by atoms with van der Waals surface area (Å²) in [5, 5.41) is 23.7. The van der Waals surface area contributed by atoms with Crippen LogP contribution in [0.2, 0.25) is 0 Å². The summed E-state index contributed by atoms with van der Waals surface area (Å²) in [6.07, 6.45) is 0. The van der Waals surface area contributed by atoms with E-state index in [-0.39, 0.29) is 0 Å². The molecule has 0 aliphatic rings. The predicted molar refractivity (Wildman–Crippen MR) is 243 cm³/mol. The molecule has 0 heterocycles. The maximum Gasteiger partial charge on any atom is -0.000697 e. The fourth-order valence-corrected chi connectivity index (χ4v) is 10.4. The van der Waals surface area contributed by atoms with Crippen molar-refractivity contribution in [1.29, 1.82) is 0 Å². The molecule has 0 heteroatoms. The van der Waals surface area contributed by atoms with Crippen LogP contribution in [0.3, 0.4) is 0 Å². The first-order chi connectivity index (χ1) is 27.8. The predicted octanol–water partition coefficient (Wildman–Crippen LogP) is 15.9. The van der Waals surface area contributed by atoms with Crippen LogP contribution in [0.15, 0.2) is 194 Å². The Morgan fingerprint density at radius 3 is 1.48 bits per heavy atom. The lowest BCUT2D eigenvalue weighted by Gasteiger charge is -2.19. The third-order valence-electron chi connectivity index (χ3n) is 12.7. The minimum Gasteiger partial charge on any atom is -0.0622 e. The van der Waals surface area contributed by atoms with E-state index >= 15 is 0 Å². The third-order valence-corrected chi connectivity index (χ3v) is 12.7. The van der Waals surface area contributed by atoms with Crippen molar-refractivity contribution >= 4 is 97.0 Å². The van der Waals surface area contributed by atoms with E-state index in [4.69, 9.17) is 0 Å². The van der Waals surface area contributed by atoms with Gasteiger partial charge in [0.05, 0.1) is 0 Å². The second-order valence-corrected chi connectivity index (χ2v) is 15.5. The Labute approximate surface area is 323 Å². The van der Waals surface area contributed by atoms with E-state index in [0.29, 0.717) is 0 Å². The normalized spacial score (nSPS) is 12.3. The monoisotopic (exact) mass is 704 g/mol. The van der Waals surface area contributed by atoms with E-state index in [2.05, 4.69) is 194 Å². The molecular formula is C56H32. The zero-order valence-electron chi connectivity index (χ0n) is 30.5. The van der Waals surface area contributed by atoms with Gasteiger partial charge in [0.2, 0.25) is 0 Å². The maximum absolute atomic E-state index is 2.55. The highest BCUT2D eigenvalue weighted by Gasteiger charge is 2.27. The van der Waals surface area contributed by atoms with E-state index < -0.39 is 0 Å². The zero-order valence-corrected chi connectivity index (χ0v) is 30.5. The Balaban J connectivity index is 1.32. The van der Waals surface area contributed by atoms with Gasteiger partial charge in [0.15, 0.2) is 0 Å². The molecule has 0 spiro atoms. The van der Waals surface area contributed by atoms with Crippen LogP contribution >= 0.6 is 0 Å². The Morgan fingerprint density at radius 2 is 0.732 bits per heavy atom. The first-order valence-electron chi connectivity index (χ1n) is 19.6. The first-order valence-corrected chi connectivity index (χ1v) is 19.6. The SMILES string of the molecule is c1ccc(-c2ccc3c(c2)c2cc4c(-c5ccccc5)c5c6cccc7c8c(ccc9ccccc98)cc(c5c(-c5ccccc5)c4c4cccc3c24)c67)cc1. The molecule has 0 fully saturated rings. The lowest BCUT2D eigenvalue weighted by Crippen LogP contribution is -1.91. The maximum atomic E-state index is 2.55. The molecule has 0 saturated carbocycles. The van der Waals surface area contributed by atoms with E-state index in [0.717, 1.165) is 0 Å². The summed E-state index contributed by atoms with van der Waals surface area (Å²) < 4.78 is 0. The van der Waals surface area contributed by atoms with E-state index in [1.165, 1.54) is 130 Å². The summed E-state index contributed by atoms with van der Waals surface area (Å²) >= 11 is 0. The highest BCUT2D eigenvalue weighted by molar-refractivity contribution is 6.46. The lowest BCUT2D eigenvalue weighted by atomic mass is 9.83. The van der Waals surface area contributed by atoms with Gasteiger partial charge in [-0.3, -0.25) is 0 Å². The minimum absolute atomic E-state index is 1.24. The number of hydrogen-bond donors (Lipinski definition) is 0. The second kappa shape index (κ2) is 11.1. The summed E-state index contributed by atoms with van der Waals surface area (Å²) in [5.41, 5.74) is 7.60. The molecule has 0 aliphatic heterocycles. The fraction of sp³-hybridized carbons (Fsp3) is 0. The molecule has 0 N–H and O–H groups in total. The molecule has 0 nitrogen and oxygen atoms in total. The molecule has 0 atom stereocenters. The number of rotatable bonds is 3. The number of hydrogen-bond acceptors (Lipinski definition) is 0. The fourth-order valence-electron chi connectivity index (χ4n) is 10.4. The first kappa shape index (κ1) is 30.1. The highest BCUT2D eigenvalue weighted by atomic mass is 14.3. The molecule has 13 rings (SSSR count). The van der Waals surface area contributed by atoms with Gasteiger partial charge in [-0.05, 0) is 149 Å². The molecule has 13 aromatic carbocycles. The van der Waals surface area contributed by atoms with Gasteiger partial charge in [0, 0.05) is 0 Å². The van der Waals surface area contributed by atoms with Crippen molar-refractivity contribution in [2.45, 2.75) is 0 Å². The second-order valence-electron chi connectivity index (χ2n) is 15.5. The van der Waals surface area contributed by atoms with Crippen LogP contribution in [0.5, 0.6) is 0 Å². The van der Waals surface area contributed by atoms with Crippen LogP contribution in [0.4, 0.5) is 0 Å². The van der Waals surface area contributed by atoms with Crippen molar-refractivity contribution in [3.05, 3.63) is 194 Å². The van der Waals surface area contributed by atoms with Gasteiger partial charge < -0.3 is 0 Å². The van der Waals surface area contributed by atoms with Crippen molar-refractivity contribution in [3.8, 4) is 33.4 Å². The summed E-state index contributed by atoms with van der Waals surface area (Å²) in [6, 6.07) is 72.7. The molecule has 0 saturated heterocycles. The molecule has 0 aliphatic carbocycles. The molecule has 0 aromatic heterocycles. The quantitative estimate of drug-likeness (QED) is 0.161. The van der Waals surface area contributed by atoms with Gasteiger partial charge in [-0.1, -0.05) is 176 Å². The van der Waals surface area contributed by atoms with E-state index in [1.807, 2.05) is 0 Å². The van der Waals surface area contributed by atoms with Crippen molar-refractivity contribution < 1.29 is 0 Å². The number of fused-ring (bicyclic) bond motifs is 12. The molecule has 0 unspecified atom stereocenters. The topological polar surface area (TPSA) is 0 Å². The Hall–Kier alpha value is -7.28. The van der Waals surface area contributed by atoms with Crippen molar-refractivity contribution in [3.63, 3.8) is 0 Å². The van der Waals surface area contributed by atoms with Crippen LogP contribution in [0.25, 0.3) is 130 Å². The van der Waals surface area contributed by atoms with Gasteiger partial charge in [0.1, 0.15) is 0 Å². The Morgan fingerprint density at radius 1 is 0.179 bits per heavy atom. The van der Waals surface area contributed by atoms with Crippen LogP contribution in [-0.2, 0) is 0 Å². The molecule has 13 aromatic rings. The zero-order chi connectivity index (χ0) is 36.5. The molecular weight excluding hydrogens is 673 g/mol. The smallest absolute Gasteiger partial charge is 0.000697 e. The van der Waals surface area contributed by atoms with E-state index in [1.54, 1.807) is 0 Å². The van der Waals surface area contributed by atoms with Crippen molar-refractivity contribution in [1.82, 2.24) is 0 Å². The van der Waals surface area contributed by atoms with Crippen LogP contribution in [0, 0.1) is 0 Å². The summed E-state index contributed by atoms with van der Waals surface area (Å²) in [7, 11) is 0. The molecule has 256 valence electrons. The third kappa shape index (κ3) is 3.93. The van der Waals surface area contributed by atoms with Gasteiger partial charge in [-0.15, -0.1) is 0 Å². The average Bonchev–Trinajstić information content (AvgIpc) is 3.77. The van der Waals surface area contributed by atoms with Crippen molar-refractivity contribution in [2.75, 3.05) is 0 Å². The Kier molecular flexibility index (Phi) is 5.98. The minimum atomic E-state index is 1.24. The molecule has 0 amide bonds. The van der Waals surface area contributed by atoms with Crippen molar-refractivity contribution in [2.24, 2.45) is 0 Å². The largest absolute Gasteiger partial charge is 0.0622 e. The van der Waals surface area contributed by atoms with Crippen LogP contribution < -0.4 is 0 Å². The lowest BCUT2D eigenvalue weighted by molar-refractivity contribution is 1.66. The number of benzene rings is 11. The standard InChI is InChI=1S/C56H32/c1-4-14-33(15-5-1)37-28-29-40-41-22-12-24-43-52(41)46(45(40)30-37)32-48-50(35-17-6-2-7-18-35)55-44-25-13-23-42-49-38(27-26-34-16-10-11-21-39(34)49)31-47(53(42)44)56(55)51(54(43)48)36-19-8-3-9-20-36/h1-32H. The summed E-state index contributed by atoms with van der Waals surface area (Å²) in [5.74, 6) is 0. The van der Waals surface area contributed by atoms with Gasteiger partial charge >= 0.3 is 0 Å². The van der Waals surface area contributed by atoms with Gasteiger partial charge in [-0.2, -0.15) is 0 Å². The molecule has 0 radical (unpaired) electrons. The van der Waals surface area contributed by atoms with Crippen LogP contribution in [-0.4, -0.2) is 0 Å². The Bertz CT molecular complexity index is 3710. The average molecular weight is 705 g/mol. The summed E-state index contributed by atoms with van der Waals surface area (Å²) in [6.45, 7) is 0. The van der Waals surface area contributed by atoms with Gasteiger partial charge in [0.25, 0.3) is 0 Å². The molecule has 0 bridgehead atoms. The van der Waals surface area contributed by atoms with Gasteiger partial charge in [-0.25, -0.2) is 0 Å². The summed E-state index contributed by atoms with van der Waals surface area (Å²) in [4.78, 5) is 0. The molecule has 56 heavy (non-hydrogen) atoms.